The molecule has 50 heavy (non-hydrogen) atoms. The van der Waals surface area contributed by atoms with Crippen molar-refractivity contribution < 1.29 is 30.0 Å². The van der Waals surface area contributed by atoms with E-state index in [4.69, 9.17) is 10.5 Å². The van der Waals surface area contributed by atoms with E-state index in [0.29, 0.717) is 5.69 Å². The molecule has 0 fully saturated rings. The summed E-state index contributed by atoms with van der Waals surface area (Å²) in [6.45, 7) is 7.77. The molecule has 0 aliphatic carbocycles. The van der Waals surface area contributed by atoms with Gasteiger partial charge >= 0.3 is 135 Å². The molecule has 0 aliphatic rings. The smallest absolute Gasteiger partial charge is 0 e. The molecule has 0 saturated carbocycles. The molecule has 0 spiro atoms. The van der Waals surface area contributed by atoms with Crippen LogP contribution in [-0.2, 0) is 20.1 Å². The van der Waals surface area contributed by atoms with Gasteiger partial charge in [-0.1, -0.05) is 47.3 Å². The van der Waals surface area contributed by atoms with Gasteiger partial charge in [0, 0.05) is 31.0 Å². The van der Waals surface area contributed by atoms with Gasteiger partial charge in [0.15, 0.2) is 0 Å². The second-order valence-corrected chi connectivity index (χ2v) is 25.5. The van der Waals surface area contributed by atoms with E-state index >= 15 is 0 Å². The molecule has 0 bridgehead atoms. The molecule has 7 aromatic rings. The predicted octanol–water partition coefficient (Wildman–Crippen LogP) is 12.2. The fraction of sp³-hybridized carbons (Fsp3) is 0.227. The Morgan fingerprint density at radius 2 is 1.56 bits per heavy atom. The molecule has 3 heterocycles. The van der Waals surface area contributed by atoms with Crippen LogP contribution in [0.2, 0.25) is 17.3 Å². The van der Waals surface area contributed by atoms with Gasteiger partial charge in [-0.15, -0.1) is 23.8 Å². The molecule has 4 aromatic carbocycles. The SMILES string of the molecule is Cc1cc(C)c(-c2ccnc(-c3[c-]ccc4c3sc3ccccc34)c2)c(C)c1.[2H]C([2H])([2H])c1c[c-]c(-c2cc(C([2H])(C)C)[c]([Ge]([CH3])([CH3])[CH3])cn2)c(F)c1.[Ir]. The van der Waals surface area contributed by atoms with Crippen molar-refractivity contribution in [2.45, 2.75) is 64.6 Å². The Bertz CT molecular complexity index is 2460. The number of hydrogen-bond donors (Lipinski definition) is 0. The minimum Gasteiger partial charge on any atom is 0 e. The molecule has 1 radical (unpaired) electrons. The number of nitrogens with zero attached hydrogens (tertiary/aromatic N) is 2. The number of rotatable bonds is 5. The number of thiophene rings is 1. The maximum Gasteiger partial charge on any atom is 0 e. The van der Waals surface area contributed by atoms with Gasteiger partial charge in [0.1, 0.15) is 0 Å². The van der Waals surface area contributed by atoms with Crippen LogP contribution in [0, 0.1) is 45.6 Å². The maximum atomic E-state index is 14.5. The van der Waals surface area contributed by atoms with E-state index in [1.165, 1.54) is 54.1 Å². The fourth-order valence-electron chi connectivity index (χ4n) is 6.51. The van der Waals surface area contributed by atoms with Gasteiger partial charge in [0.2, 0.25) is 0 Å². The Hall–Kier alpha value is -3.48. The first-order valence-corrected chi connectivity index (χ1v) is 24.6. The molecular weight excluding hydrogens is 872 g/mol. The van der Waals surface area contributed by atoms with Gasteiger partial charge in [0.25, 0.3) is 0 Å². The molecule has 0 N–H and O–H groups in total. The van der Waals surface area contributed by atoms with Crippen molar-refractivity contribution in [2.75, 3.05) is 0 Å². The van der Waals surface area contributed by atoms with E-state index in [9.17, 15) is 4.39 Å². The molecule has 0 amide bonds. The van der Waals surface area contributed by atoms with Crippen molar-refractivity contribution in [1.29, 1.82) is 0 Å². The summed E-state index contributed by atoms with van der Waals surface area (Å²) >= 11 is -0.429. The standard InChI is InChI=1S/C26H20NS.C18H23FGeN.Ir/c1-16-13-17(2)25(18(3)14-16)19-11-12-27-23(15-19)22-9-6-8-21-20-7-4-5-10-24(20)28-26(21)22;1-12(2)15-10-18(21-11-17(15)20(4,5)6)14-8-7-13(3)9-16(14)19;/h4-8,10-15H,1-3H3;7,9-12H,1-6H3;/q2*-1;/i;3D3,12D;. The molecule has 7 rings (SSSR count). The number of hydrogen-bond acceptors (Lipinski definition) is 3. The summed E-state index contributed by atoms with van der Waals surface area (Å²) in [6, 6.07) is 31.8. The molecule has 0 saturated heterocycles. The molecular formula is C44H43FGeIrN2S-2. The third-order valence-corrected chi connectivity index (χ3v) is 14.2. The number of pyridine rings is 2. The Balaban J connectivity index is 0.000000206. The maximum absolute atomic E-state index is 14.5. The summed E-state index contributed by atoms with van der Waals surface area (Å²) in [7, 11) is 0. The third-order valence-electron chi connectivity index (χ3n) is 8.72. The quantitative estimate of drug-likeness (QED) is 0.127. The second-order valence-electron chi connectivity index (χ2n) is 13.9. The Kier molecular flexibility index (Phi) is 10.00. The summed E-state index contributed by atoms with van der Waals surface area (Å²) in [5.41, 5.74) is 9.76. The molecule has 6 heteroatoms. The fourth-order valence-corrected chi connectivity index (χ4v) is 11.0. The topological polar surface area (TPSA) is 25.8 Å². The first kappa shape index (κ1) is 32.4. The Morgan fingerprint density at radius 3 is 2.24 bits per heavy atom. The molecule has 257 valence electrons. The van der Waals surface area contributed by atoms with Gasteiger partial charge < -0.3 is 4.98 Å². The molecule has 2 nitrogen and oxygen atoms in total. The van der Waals surface area contributed by atoms with Crippen LogP contribution in [0.15, 0.2) is 91.3 Å². The number of aromatic nitrogens is 2. The Morgan fingerprint density at radius 1 is 0.840 bits per heavy atom. The largest absolute Gasteiger partial charge is 0 e. The molecule has 3 aromatic heterocycles. The van der Waals surface area contributed by atoms with E-state index in [-0.39, 0.29) is 31.2 Å². The normalized spacial score (nSPS) is 13.1. The molecule has 0 atom stereocenters. The summed E-state index contributed by atoms with van der Waals surface area (Å²) in [4.78, 5) is 9.10. The van der Waals surface area contributed by atoms with E-state index in [0.717, 1.165) is 27.3 Å². The third kappa shape index (κ3) is 7.87. The van der Waals surface area contributed by atoms with Crippen molar-refractivity contribution in [1.82, 2.24) is 9.97 Å². The average Bonchev–Trinajstić information content (AvgIpc) is 3.46. The van der Waals surface area contributed by atoms with Crippen LogP contribution in [0.1, 0.15) is 53.0 Å². The van der Waals surface area contributed by atoms with Crippen LogP contribution in [0.5, 0.6) is 0 Å². The predicted molar refractivity (Wildman–Crippen MR) is 211 cm³/mol. The number of aryl methyl sites for hydroxylation is 4. The number of fused-ring (bicyclic) bond motifs is 3. The van der Waals surface area contributed by atoms with Crippen LogP contribution in [0.4, 0.5) is 4.39 Å². The average molecular weight is 920 g/mol. The van der Waals surface area contributed by atoms with Gasteiger partial charge in [0.05, 0.1) is 0 Å². The van der Waals surface area contributed by atoms with Gasteiger partial charge in [-0.25, -0.2) is 0 Å². The number of benzene rings is 4. The minimum atomic E-state index is -2.37. The summed E-state index contributed by atoms with van der Waals surface area (Å²) in [5, 5.41) is 2.59. The van der Waals surface area contributed by atoms with Crippen LogP contribution in [0.25, 0.3) is 53.8 Å². The van der Waals surface area contributed by atoms with E-state index in [1.54, 1.807) is 26.1 Å². The monoisotopic (exact) mass is 921 g/mol. The zero-order valence-corrected chi connectivity index (χ0v) is 35.0. The first-order chi connectivity index (χ1) is 24.8. The Labute approximate surface area is 322 Å². The van der Waals surface area contributed by atoms with E-state index in [2.05, 4.69) is 110 Å². The molecule has 0 unspecified atom stereocenters. The number of halogens is 1. The summed E-state index contributed by atoms with van der Waals surface area (Å²) in [5.74, 6) is 5.18. The first-order valence-electron chi connectivity index (χ1n) is 18.4. The van der Waals surface area contributed by atoms with Crippen LogP contribution in [-0.4, -0.2) is 23.2 Å². The van der Waals surface area contributed by atoms with Crippen LogP contribution >= 0.6 is 11.3 Å². The van der Waals surface area contributed by atoms with E-state index in [1.807, 2.05) is 23.6 Å². The van der Waals surface area contributed by atoms with Crippen molar-refractivity contribution in [2.24, 2.45) is 0 Å². The van der Waals surface area contributed by atoms with Crippen molar-refractivity contribution in [3.8, 4) is 33.6 Å². The van der Waals surface area contributed by atoms with Crippen LogP contribution < -0.4 is 4.40 Å². The van der Waals surface area contributed by atoms with Gasteiger partial charge in [-0.2, -0.15) is 11.3 Å². The molecule has 0 aliphatic heterocycles. The zero-order valence-electron chi connectivity index (χ0n) is 33.7. The van der Waals surface area contributed by atoms with Crippen molar-refractivity contribution in [3.05, 3.63) is 137 Å². The summed E-state index contributed by atoms with van der Waals surface area (Å²) in [6.07, 6.45) is 3.68. The van der Waals surface area contributed by atoms with Crippen LogP contribution in [0.3, 0.4) is 0 Å². The van der Waals surface area contributed by atoms with E-state index < -0.39 is 31.8 Å². The summed E-state index contributed by atoms with van der Waals surface area (Å²) < 4.78 is 48.7. The minimum absolute atomic E-state index is 0. The van der Waals surface area contributed by atoms with Crippen molar-refractivity contribution in [3.63, 3.8) is 0 Å². The van der Waals surface area contributed by atoms with Gasteiger partial charge in [-0.05, 0) is 70.9 Å². The van der Waals surface area contributed by atoms with Crippen molar-refractivity contribution >= 4 is 49.2 Å². The zero-order chi connectivity index (χ0) is 38.5. The second kappa shape index (κ2) is 15.4. The van der Waals surface area contributed by atoms with Gasteiger partial charge in [-0.3, -0.25) is 0 Å².